The average molecular weight is 309 g/mol. The van der Waals surface area contributed by atoms with Crippen LogP contribution in [0.5, 0.6) is 5.75 Å². The molecule has 2 aromatic rings. The third-order valence-corrected chi connectivity index (χ3v) is 3.84. The van der Waals surface area contributed by atoms with E-state index in [9.17, 15) is 9.90 Å². The van der Waals surface area contributed by atoms with Crippen LogP contribution in [0.1, 0.15) is 17.4 Å². The van der Waals surface area contributed by atoms with E-state index in [1.165, 1.54) is 11.3 Å². The topological polar surface area (TPSA) is 46.5 Å². The summed E-state index contributed by atoms with van der Waals surface area (Å²) in [4.78, 5) is 12.0. The monoisotopic (exact) mass is 308 g/mol. The van der Waals surface area contributed by atoms with Crippen molar-refractivity contribution in [2.45, 2.75) is 6.92 Å². The van der Waals surface area contributed by atoms with Crippen LogP contribution in [0, 0.1) is 0 Å². The Kier molecular flexibility index (Phi) is 4.82. The van der Waals surface area contributed by atoms with E-state index in [2.05, 4.69) is 0 Å². The normalized spacial score (nSPS) is 11.4. The van der Waals surface area contributed by atoms with Crippen LogP contribution in [0.25, 0.3) is 11.6 Å². The van der Waals surface area contributed by atoms with Crippen LogP contribution in [0.3, 0.4) is 0 Å². The minimum atomic E-state index is -0.975. The minimum absolute atomic E-state index is 0.228. The van der Waals surface area contributed by atoms with Gasteiger partial charge in [0.15, 0.2) is 0 Å². The molecule has 1 heterocycles. The Hall–Kier alpha value is -1.78. The van der Waals surface area contributed by atoms with Crippen molar-refractivity contribution in [3.63, 3.8) is 0 Å². The van der Waals surface area contributed by atoms with E-state index in [1.54, 1.807) is 18.2 Å². The SMILES string of the molecule is CCOc1ccc(/C=C(\C(=O)O)c2ccc(Cl)s2)cc1. The number of aliphatic carboxylic acids is 1. The summed E-state index contributed by atoms with van der Waals surface area (Å²) in [7, 11) is 0. The highest BCUT2D eigenvalue weighted by atomic mass is 35.5. The summed E-state index contributed by atoms with van der Waals surface area (Å²) in [6.45, 7) is 2.51. The second-order valence-corrected chi connectivity index (χ2v) is 5.68. The van der Waals surface area contributed by atoms with Gasteiger partial charge in [-0.3, -0.25) is 0 Å². The molecule has 1 aromatic heterocycles. The van der Waals surface area contributed by atoms with Gasteiger partial charge in [0.25, 0.3) is 0 Å². The number of halogens is 1. The van der Waals surface area contributed by atoms with Gasteiger partial charge in [0, 0.05) is 4.88 Å². The zero-order valence-electron chi connectivity index (χ0n) is 10.8. The van der Waals surface area contributed by atoms with Crippen molar-refractivity contribution in [1.82, 2.24) is 0 Å². The lowest BCUT2D eigenvalue weighted by atomic mass is 10.1. The Morgan fingerprint density at radius 2 is 2.00 bits per heavy atom. The number of hydrogen-bond donors (Lipinski definition) is 1. The molecule has 0 spiro atoms. The molecule has 0 amide bonds. The molecule has 0 atom stereocenters. The van der Waals surface area contributed by atoms with Crippen molar-refractivity contribution in [2.24, 2.45) is 0 Å². The van der Waals surface area contributed by atoms with E-state index in [1.807, 2.05) is 31.2 Å². The van der Waals surface area contributed by atoms with E-state index >= 15 is 0 Å². The molecule has 0 bridgehead atoms. The molecular weight excluding hydrogens is 296 g/mol. The zero-order chi connectivity index (χ0) is 14.5. The number of ether oxygens (including phenoxy) is 1. The van der Waals surface area contributed by atoms with Gasteiger partial charge in [0.1, 0.15) is 5.75 Å². The Morgan fingerprint density at radius 1 is 1.30 bits per heavy atom. The van der Waals surface area contributed by atoms with Crippen molar-refractivity contribution in [2.75, 3.05) is 6.61 Å². The first-order valence-electron chi connectivity index (χ1n) is 6.03. The summed E-state index contributed by atoms with van der Waals surface area (Å²) >= 11 is 7.10. The summed E-state index contributed by atoms with van der Waals surface area (Å²) in [6.07, 6.45) is 1.63. The van der Waals surface area contributed by atoms with E-state index < -0.39 is 5.97 Å². The van der Waals surface area contributed by atoms with Gasteiger partial charge in [-0.2, -0.15) is 0 Å². The number of carbonyl (C=O) groups is 1. The molecule has 0 unspecified atom stereocenters. The van der Waals surface area contributed by atoms with Crippen molar-refractivity contribution in [3.8, 4) is 5.75 Å². The van der Waals surface area contributed by atoms with Crippen LogP contribution in [-0.4, -0.2) is 17.7 Å². The molecule has 5 heteroatoms. The Balaban J connectivity index is 2.31. The van der Waals surface area contributed by atoms with E-state index in [4.69, 9.17) is 16.3 Å². The largest absolute Gasteiger partial charge is 0.494 e. The summed E-state index contributed by atoms with van der Waals surface area (Å²) < 4.78 is 5.92. The third-order valence-electron chi connectivity index (χ3n) is 2.57. The van der Waals surface area contributed by atoms with Gasteiger partial charge in [0.2, 0.25) is 0 Å². The summed E-state index contributed by atoms with van der Waals surface area (Å²) in [5.74, 6) is -0.210. The second kappa shape index (κ2) is 6.59. The highest BCUT2D eigenvalue weighted by molar-refractivity contribution is 7.17. The van der Waals surface area contributed by atoms with Crippen molar-refractivity contribution in [1.29, 1.82) is 0 Å². The Morgan fingerprint density at radius 3 is 2.50 bits per heavy atom. The summed E-state index contributed by atoms with van der Waals surface area (Å²) in [6, 6.07) is 10.7. The molecule has 0 aliphatic heterocycles. The third kappa shape index (κ3) is 3.62. The van der Waals surface area contributed by atoms with Crippen LogP contribution in [0.15, 0.2) is 36.4 Å². The smallest absolute Gasteiger partial charge is 0.337 e. The molecule has 0 radical (unpaired) electrons. The molecule has 0 saturated carbocycles. The number of benzene rings is 1. The maximum Gasteiger partial charge on any atom is 0.337 e. The first-order chi connectivity index (χ1) is 9.60. The summed E-state index contributed by atoms with van der Waals surface area (Å²) in [5.41, 5.74) is 1.03. The minimum Gasteiger partial charge on any atom is -0.494 e. The highest BCUT2D eigenvalue weighted by Crippen LogP contribution is 2.29. The maximum atomic E-state index is 11.4. The van der Waals surface area contributed by atoms with E-state index in [0.29, 0.717) is 15.8 Å². The fourth-order valence-electron chi connectivity index (χ4n) is 1.69. The standard InChI is InChI=1S/C15H13ClO3S/c1-2-19-11-5-3-10(4-6-11)9-12(15(17)18)13-7-8-14(16)20-13/h3-9H,2H2,1H3,(H,17,18)/b12-9-. The lowest BCUT2D eigenvalue weighted by Gasteiger charge is -2.03. The molecule has 0 saturated heterocycles. The number of carboxylic acids is 1. The molecular formula is C15H13ClO3S. The van der Waals surface area contributed by atoms with E-state index in [0.717, 1.165) is 11.3 Å². The molecule has 104 valence electrons. The Labute approximate surface area is 126 Å². The van der Waals surface area contributed by atoms with Crippen molar-refractivity contribution in [3.05, 3.63) is 51.2 Å². The lowest BCUT2D eigenvalue weighted by Crippen LogP contribution is -1.97. The zero-order valence-corrected chi connectivity index (χ0v) is 12.4. The van der Waals surface area contributed by atoms with Crippen LogP contribution in [-0.2, 0) is 4.79 Å². The van der Waals surface area contributed by atoms with Crippen LogP contribution in [0.4, 0.5) is 0 Å². The van der Waals surface area contributed by atoms with E-state index in [-0.39, 0.29) is 5.57 Å². The second-order valence-electron chi connectivity index (χ2n) is 3.97. The van der Waals surface area contributed by atoms with Gasteiger partial charge in [-0.1, -0.05) is 23.7 Å². The van der Waals surface area contributed by atoms with Gasteiger partial charge >= 0.3 is 5.97 Å². The molecule has 1 aromatic carbocycles. The fourth-order valence-corrected chi connectivity index (χ4v) is 2.74. The molecule has 1 N–H and O–H groups in total. The fraction of sp³-hybridized carbons (Fsp3) is 0.133. The lowest BCUT2D eigenvalue weighted by molar-refractivity contribution is -0.130. The molecule has 20 heavy (non-hydrogen) atoms. The molecule has 0 fully saturated rings. The summed E-state index contributed by atoms with van der Waals surface area (Å²) in [5, 5.41) is 9.31. The molecule has 0 aliphatic rings. The van der Waals surface area contributed by atoms with Gasteiger partial charge < -0.3 is 9.84 Å². The predicted octanol–water partition coefficient (Wildman–Crippen LogP) is 4.43. The molecule has 0 aliphatic carbocycles. The van der Waals surface area contributed by atoms with Gasteiger partial charge in [-0.25, -0.2) is 4.79 Å². The molecule has 3 nitrogen and oxygen atoms in total. The average Bonchev–Trinajstić information content (AvgIpc) is 2.84. The maximum absolute atomic E-state index is 11.4. The van der Waals surface area contributed by atoms with Crippen LogP contribution in [0.2, 0.25) is 4.34 Å². The quantitative estimate of drug-likeness (QED) is 0.831. The Bertz CT molecular complexity index is 629. The number of carboxylic acid groups (broad SMARTS) is 1. The first-order valence-corrected chi connectivity index (χ1v) is 7.23. The highest BCUT2D eigenvalue weighted by Gasteiger charge is 2.12. The number of rotatable bonds is 5. The predicted molar refractivity (Wildman–Crippen MR) is 82.4 cm³/mol. The number of hydrogen-bond acceptors (Lipinski definition) is 3. The van der Waals surface area contributed by atoms with Crippen LogP contribution < -0.4 is 4.74 Å². The molecule has 2 rings (SSSR count). The van der Waals surface area contributed by atoms with Crippen LogP contribution >= 0.6 is 22.9 Å². The first kappa shape index (κ1) is 14.6. The van der Waals surface area contributed by atoms with Gasteiger partial charge in [-0.15, -0.1) is 11.3 Å². The number of thiophene rings is 1. The van der Waals surface area contributed by atoms with Gasteiger partial charge in [0.05, 0.1) is 16.5 Å². The van der Waals surface area contributed by atoms with Crippen molar-refractivity contribution < 1.29 is 14.6 Å². The van der Waals surface area contributed by atoms with Gasteiger partial charge in [-0.05, 0) is 42.8 Å². The van der Waals surface area contributed by atoms with Crippen molar-refractivity contribution >= 4 is 40.6 Å².